The van der Waals surface area contributed by atoms with E-state index in [9.17, 15) is 0 Å². The van der Waals surface area contributed by atoms with Gasteiger partial charge >= 0.3 is 0 Å². The van der Waals surface area contributed by atoms with Crippen LogP contribution in [0, 0.1) is 0 Å². The quantitative estimate of drug-likeness (QED) is 0.686. The minimum Gasteiger partial charge on any atom is -0.387 e. The summed E-state index contributed by atoms with van der Waals surface area (Å²) in [5.41, 5.74) is 1.17. The Bertz CT molecular complexity index is 511. The fourth-order valence-electron chi connectivity index (χ4n) is 1.85. The van der Waals surface area contributed by atoms with Gasteiger partial charge in [-0.05, 0) is 22.4 Å². The highest BCUT2D eigenvalue weighted by Gasteiger charge is 2.16. The fourth-order valence-corrected chi connectivity index (χ4v) is 1.85. The van der Waals surface area contributed by atoms with Crippen LogP contribution in [0.2, 0.25) is 0 Å². The second-order valence-corrected chi connectivity index (χ2v) is 3.65. The molecule has 0 N–H and O–H groups in total. The molecule has 1 atom stereocenters. The molecule has 1 heterocycles. The summed E-state index contributed by atoms with van der Waals surface area (Å²) in [6.07, 6.45) is 3.62. The number of nitrogens with zero attached hydrogens (tertiary/aromatic N) is 1. The van der Waals surface area contributed by atoms with Crippen molar-refractivity contribution in [2.24, 2.45) is 5.16 Å². The molecule has 0 fully saturated rings. The summed E-state index contributed by atoms with van der Waals surface area (Å²) < 4.78 is 0. The van der Waals surface area contributed by atoms with Gasteiger partial charge in [0.25, 0.3) is 0 Å². The Morgan fingerprint density at radius 3 is 2.80 bits per heavy atom. The van der Waals surface area contributed by atoms with Crippen LogP contribution in [0.25, 0.3) is 10.8 Å². The molecular weight excluding hydrogens is 186 g/mol. The van der Waals surface area contributed by atoms with Gasteiger partial charge in [0, 0.05) is 6.42 Å². The standard InChI is InChI=1S/C13H10NO/c1-2-4-11-9-12(6-5-10(11)3-1)13-7-8-14-15-13/h1-6,9,13H,7H2. The third-order valence-corrected chi connectivity index (χ3v) is 2.67. The lowest BCUT2D eigenvalue weighted by molar-refractivity contribution is 0.0859. The third-order valence-electron chi connectivity index (χ3n) is 2.67. The summed E-state index contributed by atoms with van der Waals surface area (Å²) in [5.74, 6) is 0. The molecule has 1 aliphatic heterocycles. The van der Waals surface area contributed by atoms with E-state index in [4.69, 9.17) is 4.84 Å². The van der Waals surface area contributed by atoms with Crippen molar-refractivity contribution in [1.82, 2.24) is 0 Å². The topological polar surface area (TPSA) is 21.6 Å². The smallest absolute Gasteiger partial charge is 0.158 e. The maximum absolute atomic E-state index is 5.20. The molecule has 2 heteroatoms. The summed E-state index contributed by atoms with van der Waals surface area (Å²) in [6.45, 7) is 0. The zero-order valence-electron chi connectivity index (χ0n) is 8.18. The second-order valence-electron chi connectivity index (χ2n) is 3.65. The summed E-state index contributed by atoms with van der Waals surface area (Å²) in [5, 5.41) is 6.17. The molecule has 1 unspecified atom stereocenters. The molecule has 2 nitrogen and oxygen atoms in total. The lowest BCUT2D eigenvalue weighted by atomic mass is 10.0. The van der Waals surface area contributed by atoms with Gasteiger partial charge in [-0.1, -0.05) is 41.6 Å². The fraction of sp³-hybridized carbons (Fsp3) is 0.154. The van der Waals surface area contributed by atoms with E-state index < -0.39 is 0 Å². The van der Waals surface area contributed by atoms with Crippen LogP contribution in [0.3, 0.4) is 0 Å². The maximum Gasteiger partial charge on any atom is 0.158 e. The van der Waals surface area contributed by atoms with Gasteiger partial charge in [-0.15, -0.1) is 0 Å². The molecule has 0 spiro atoms. The van der Waals surface area contributed by atoms with Crippen molar-refractivity contribution in [2.45, 2.75) is 12.5 Å². The lowest BCUT2D eigenvalue weighted by Crippen LogP contribution is -1.95. The van der Waals surface area contributed by atoms with Crippen molar-refractivity contribution in [3.63, 3.8) is 0 Å². The minimum atomic E-state index is 0.0506. The highest BCUT2D eigenvalue weighted by atomic mass is 16.6. The Labute approximate surface area is 88.2 Å². The van der Waals surface area contributed by atoms with Gasteiger partial charge < -0.3 is 4.84 Å². The number of hydrogen-bond acceptors (Lipinski definition) is 2. The van der Waals surface area contributed by atoms with Gasteiger partial charge in [-0.25, -0.2) is 0 Å². The van der Waals surface area contributed by atoms with E-state index in [0.29, 0.717) is 0 Å². The molecule has 2 aromatic carbocycles. The molecule has 0 aromatic heterocycles. The van der Waals surface area contributed by atoms with E-state index in [0.717, 1.165) is 6.42 Å². The summed E-state index contributed by atoms with van der Waals surface area (Å²) in [4.78, 5) is 5.20. The van der Waals surface area contributed by atoms with Crippen molar-refractivity contribution >= 4 is 17.0 Å². The average Bonchev–Trinajstić information content (AvgIpc) is 2.82. The molecule has 1 aliphatic rings. The van der Waals surface area contributed by atoms with E-state index in [1.165, 1.54) is 16.3 Å². The zero-order valence-corrected chi connectivity index (χ0v) is 8.18. The molecule has 0 amide bonds. The highest BCUT2D eigenvalue weighted by molar-refractivity contribution is 5.83. The highest BCUT2D eigenvalue weighted by Crippen LogP contribution is 2.27. The van der Waals surface area contributed by atoms with Gasteiger partial charge in [-0.3, -0.25) is 0 Å². The van der Waals surface area contributed by atoms with Crippen LogP contribution in [0.5, 0.6) is 0 Å². The van der Waals surface area contributed by atoms with Crippen molar-refractivity contribution in [2.75, 3.05) is 0 Å². The Morgan fingerprint density at radius 1 is 1.13 bits per heavy atom. The monoisotopic (exact) mass is 196 g/mol. The zero-order chi connectivity index (χ0) is 10.1. The summed E-state index contributed by atoms with van der Waals surface area (Å²) >= 11 is 0. The molecule has 0 aliphatic carbocycles. The first kappa shape index (κ1) is 8.48. The first-order chi connectivity index (χ1) is 7.43. The van der Waals surface area contributed by atoms with Gasteiger partial charge in [0.2, 0.25) is 0 Å². The van der Waals surface area contributed by atoms with Crippen molar-refractivity contribution in [3.8, 4) is 0 Å². The third kappa shape index (κ3) is 1.48. The first-order valence-corrected chi connectivity index (χ1v) is 5.01. The molecule has 3 rings (SSSR count). The van der Waals surface area contributed by atoms with Crippen LogP contribution in [0.15, 0.2) is 47.6 Å². The van der Waals surface area contributed by atoms with Crippen LogP contribution in [-0.4, -0.2) is 6.21 Å². The number of hydrogen-bond donors (Lipinski definition) is 0. The van der Waals surface area contributed by atoms with Gasteiger partial charge in [0.05, 0.1) is 0 Å². The Balaban J connectivity index is 2.06. The molecule has 0 bridgehead atoms. The van der Waals surface area contributed by atoms with E-state index in [1.54, 1.807) is 0 Å². The number of rotatable bonds is 1. The summed E-state index contributed by atoms with van der Waals surface area (Å²) in [7, 11) is 0. The van der Waals surface area contributed by atoms with Crippen LogP contribution in [0.1, 0.15) is 18.1 Å². The predicted molar refractivity (Wildman–Crippen MR) is 59.8 cm³/mol. The van der Waals surface area contributed by atoms with Crippen LogP contribution in [0.4, 0.5) is 0 Å². The molecular formula is C13H10NO. The second kappa shape index (κ2) is 3.39. The average molecular weight is 196 g/mol. The molecule has 15 heavy (non-hydrogen) atoms. The van der Waals surface area contributed by atoms with E-state index in [1.807, 2.05) is 12.1 Å². The Hall–Kier alpha value is -1.83. The van der Waals surface area contributed by atoms with Gasteiger partial charge in [0.1, 0.15) is 6.21 Å². The van der Waals surface area contributed by atoms with Crippen molar-refractivity contribution in [1.29, 1.82) is 0 Å². The molecule has 1 radical (unpaired) electrons. The predicted octanol–water partition coefficient (Wildman–Crippen LogP) is 3.16. The number of benzene rings is 2. The molecule has 2 aromatic rings. The Kier molecular flexibility index (Phi) is 1.91. The van der Waals surface area contributed by atoms with Gasteiger partial charge in [-0.2, -0.15) is 0 Å². The van der Waals surface area contributed by atoms with E-state index >= 15 is 0 Å². The van der Waals surface area contributed by atoms with E-state index in [-0.39, 0.29) is 6.10 Å². The van der Waals surface area contributed by atoms with Crippen LogP contribution in [-0.2, 0) is 4.84 Å². The van der Waals surface area contributed by atoms with Crippen molar-refractivity contribution < 1.29 is 4.84 Å². The van der Waals surface area contributed by atoms with E-state index in [2.05, 4.69) is 41.7 Å². The Morgan fingerprint density at radius 2 is 2.00 bits per heavy atom. The SMILES string of the molecule is [C]1=NOC(c2ccc3ccccc3c2)C1. The largest absolute Gasteiger partial charge is 0.387 e. The van der Waals surface area contributed by atoms with Crippen LogP contribution < -0.4 is 0 Å². The molecule has 0 saturated carbocycles. The van der Waals surface area contributed by atoms with Crippen LogP contribution >= 0.6 is 0 Å². The molecule has 0 saturated heterocycles. The normalized spacial score (nSPS) is 19.3. The lowest BCUT2D eigenvalue weighted by Gasteiger charge is -2.08. The first-order valence-electron chi connectivity index (χ1n) is 5.01. The maximum atomic E-state index is 5.20. The van der Waals surface area contributed by atoms with Crippen molar-refractivity contribution in [3.05, 3.63) is 48.0 Å². The van der Waals surface area contributed by atoms with Gasteiger partial charge in [0.15, 0.2) is 6.10 Å². The minimum absolute atomic E-state index is 0.0506. The summed E-state index contributed by atoms with van der Waals surface area (Å²) in [6, 6.07) is 14.7. The molecule has 73 valence electrons. The number of fused-ring (bicyclic) bond motifs is 1.